The average Bonchev–Trinajstić information content (AvgIpc) is 2.10. The molecule has 58 valence electrons. The van der Waals surface area contributed by atoms with Crippen LogP contribution in [0.5, 0.6) is 0 Å². The van der Waals surface area contributed by atoms with Crippen molar-refractivity contribution in [2.45, 2.75) is 45.1 Å². The molecule has 1 aliphatic carbocycles. The summed E-state index contributed by atoms with van der Waals surface area (Å²) in [5.41, 5.74) is 0.924. The van der Waals surface area contributed by atoms with Gasteiger partial charge in [0.05, 0.1) is 5.60 Å². The van der Waals surface area contributed by atoms with Crippen molar-refractivity contribution in [1.82, 2.24) is 0 Å². The van der Waals surface area contributed by atoms with Gasteiger partial charge in [-0.15, -0.1) is 0 Å². The largest absolute Gasteiger partial charge is 0.375 e. The van der Waals surface area contributed by atoms with Gasteiger partial charge in [0.15, 0.2) is 0 Å². The third kappa shape index (κ3) is 0.878. The molecular weight excluding hydrogens is 124 g/mol. The zero-order valence-corrected chi connectivity index (χ0v) is 6.94. The Morgan fingerprint density at radius 1 is 1.20 bits per heavy atom. The van der Waals surface area contributed by atoms with Crippen LogP contribution in [0.1, 0.15) is 39.5 Å². The van der Waals surface area contributed by atoms with Gasteiger partial charge in [0.1, 0.15) is 0 Å². The van der Waals surface area contributed by atoms with E-state index in [0.717, 1.165) is 6.61 Å². The van der Waals surface area contributed by atoms with Gasteiger partial charge in [0.2, 0.25) is 0 Å². The summed E-state index contributed by atoms with van der Waals surface area (Å²) in [6.45, 7) is 5.68. The molecule has 2 fully saturated rings. The molecule has 1 heterocycles. The van der Waals surface area contributed by atoms with Gasteiger partial charge < -0.3 is 4.74 Å². The van der Waals surface area contributed by atoms with Gasteiger partial charge in [-0.1, -0.05) is 13.8 Å². The molecule has 1 saturated heterocycles. The zero-order valence-electron chi connectivity index (χ0n) is 6.94. The van der Waals surface area contributed by atoms with Crippen LogP contribution in [0.4, 0.5) is 0 Å². The van der Waals surface area contributed by atoms with Crippen LogP contribution in [-0.2, 0) is 4.74 Å². The van der Waals surface area contributed by atoms with E-state index in [9.17, 15) is 0 Å². The lowest BCUT2D eigenvalue weighted by Gasteiger charge is -2.50. The second-order valence-corrected chi connectivity index (χ2v) is 4.65. The van der Waals surface area contributed by atoms with Crippen LogP contribution < -0.4 is 0 Å². The summed E-state index contributed by atoms with van der Waals surface area (Å²) >= 11 is 0. The van der Waals surface area contributed by atoms with Crippen LogP contribution in [0.2, 0.25) is 0 Å². The van der Waals surface area contributed by atoms with E-state index in [0.29, 0.717) is 11.0 Å². The van der Waals surface area contributed by atoms with E-state index in [4.69, 9.17) is 4.74 Å². The molecule has 1 nitrogen and oxygen atoms in total. The SMILES string of the molecule is CC1(C)CC2(CCCO2)C1. The Hall–Kier alpha value is -0.0400. The summed E-state index contributed by atoms with van der Waals surface area (Å²) < 4.78 is 5.71. The van der Waals surface area contributed by atoms with Gasteiger partial charge in [0.25, 0.3) is 0 Å². The molecule has 0 aromatic rings. The quantitative estimate of drug-likeness (QED) is 0.502. The third-order valence-corrected chi connectivity index (χ3v) is 2.79. The van der Waals surface area contributed by atoms with E-state index in [2.05, 4.69) is 13.8 Å². The van der Waals surface area contributed by atoms with Gasteiger partial charge in [-0.25, -0.2) is 0 Å². The summed E-state index contributed by atoms with van der Waals surface area (Å²) in [6, 6.07) is 0. The first-order valence-electron chi connectivity index (χ1n) is 4.26. The molecule has 0 radical (unpaired) electrons. The van der Waals surface area contributed by atoms with Gasteiger partial charge in [-0.05, 0) is 31.1 Å². The molecule has 0 aromatic heterocycles. The monoisotopic (exact) mass is 140 g/mol. The fraction of sp³-hybridized carbons (Fsp3) is 1.00. The van der Waals surface area contributed by atoms with E-state index in [1.165, 1.54) is 25.7 Å². The van der Waals surface area contributed by atoms with E-state index < -0.39 is 0 Å². The fourth-order valence-electron chi connectivity index (χ4n) is 2.73. The summed E-state index contributed by atoms with van der Waals surface area (Å²) in [5, 5.41) is 0. The van der Waals surface area contributed by atoms with Crippen LogP contribution >= 0.6 is 0 Å². The number of hydrogen-bond donors (Lipinski definition) is 0. The maximum Gasteiger partial charge on any atom is 0.0693 e. The molecular formula is C9H16O. The molecule has 0 atom stereocenters. The zero-order chi connectivity index (χ0) is 7.24. The second kappa shape index (κ2) is 1.76. The number of hydrogen-bond acceptors (Lipinski definition) is 1. The van der Waals surface area contributed by atoms with Crippen molar-refractivity contribution in [3.63, 3.8) is 0 Å². The highest BCUT2D eigenvalue weighted by atomic mass is 16.5. The maximum absolute atomic E-state index is 5.71. The van der Waals surface area contributed by atoms with Crippen LogP contribution in [0.25, 0.3) is 0 Å². The van der Waals surface area contributed by atoms with Crippen LogP contribution in [-0.4, -0.2) is 12.2 Å². The van der Waals surface area contributed by atoms with E-state index >= 15 is 0 Å². The van der Waals surface area contributed by atoms with Crippen molar-refractivity contribution < 1.29 is 4.74 Å². The minimum atomic E-state index is 0.351. The molecule has 0 N–H and O–H groups in total. The summed E-state index contributed by atoms with van der Waals surface area (Å²) in [5.74, 6) is 0. The average molecular weight is 140 g/mol. The van der Waals surface area contributed by atoms with Gasteiger partial charge in [-0.3, -0.25) is 0 Å². The van der Waals surface area contributed by atoms with Crippen molar-refractivity contribution in [3.05, 3.63) is 0 Å². The Morgan fingerprint density at radius 3 is 2.30 bits per heavy atom. The summed E-state index contributed by atoms with van der Waals surface area (Å²) in [7, 11) is 0. The van der Waals surface area contributed by atoms with Gasteiger partial charge in [-0.2, -0.15) is 0 Å². The summed E-state index contributed by atoms with van der Waals surface area (Å²) in [6.07, 6.45) is 5.19. The molecule has 1 aliphatic heterocycles. The van der Waals surface area contributed by atoms with Crippen LogP contribution in [0.3, 0.4) is 0 Å². The lowest BCUT2D eigenvalue weighted by molar-refractivity contribution is -0.124. The first-order chi connectivity index (χ1) is 4.62. The lowest BCUT2D eigenvalue weighted by Crippen LogP contribution is -2.48. The highest BCUT2D eigenvalue weighted by molar-refractivity contribution is 5.02. The first-order valence-corrected chi connectivity index (χ1v) is 4.26. The summed E-state index contributed by atoms with van der Waals surface area (Å²) in [4.78, 5) is 0. The molecule has 2 aliphatic rings. The molecule has 0 unspecified atom stereocenters. The van der Waals surface area contributed by atoms with E-state index in [-0.39, 0.29) is 0 Å². The molecule has 0 aromatic carbocycles. The predicted molar refractivity (Wildman–Crippen MR) is 40.9 cm³/mol. The Bertz CT molecular complexity index is 133. The highest BCUT2D eigenvalue weighted by Crippen LogP contribution is 2.54. The Labute approximate surface area is 62.8 Å². The maximum atomic E-state index is 5.71. The molecule has 1 saturated carbocycles. The van der Waals surface area contributed by atoms with Gasteiger partial charge >= 0.3 is 0 Å². The predicted octanol–water partition coefficient (Wildman–Crippen LogP) is 2.36. The Balaban J connectivity index is 1.98. The normalized spacial score (nSPS) is 34.2. The van der Waals surface area contributed by atoms with Crippen molar-refractivity contribution in [3.8, 4) is 0 Å². The minimum absolute atomic E-state index is 0.351. The molecule has 0 amide bonds. The van der Waals surface area contributed by atoms with Crippen LogP contribution in [0.15, 0.2) is 0 Å². The van der Waals surface area contributed by atoms with Crippen molar-refractivity contribution in [1.29, 1.82) is 0 Å². The first kappa shape index (κ1) is 6.66. The third-order valence-electron chi connectivity index (χ3n) is 2.79. The number of rotatable bonds is 0. The molecule has 2 rings (SSSR count). The smallest absolute Gasteiger partial charge is 0.0693 e. The molecule has 1 spiro atoms. The Kier molecular flexibility index (Phi) is 1.17. The van der Waals surface area contributed by atoms with Crippen molar-refractivity contribution in [2.24, 2.45) is 5.41 Å². The second-order valence-electron chi connectivity index (χ2n) is 4.65. The van der Waals surface area contributed by atoms with Crippen molar-refractivity contribution in [2.75, 3.05) is 6.61 Å². The molecule has 1 heteroatoms. The minimum Gasteiger partial charge on any atom is -0.375 e. The molecule has 10 heavy (non-hydrogen) atoms. The van der Waals surface area contributed by atoms with E-state index in [1.807, 2.05) is 0 Å². The lowest BCUT2D eigenvalue weighted by atomic mass is 9.60. The Morgan fingerprint density at radius 2 is 1.90 bits per heavy atom. The number of ether oxygens (including phenoxy) is 1. The standard InChI is InChI=1S/C9H16O/c1-8(2)6-9(7-8)4-3-5-10-9/h3-7H2,1-2H3. The van der Waals surface area contributed by atoms with Crippen molar-refractivity contribution >= 4 is 0 Å². The highest BCUT2D eigenvalue weighted by Gasteiger charge is 2.51. The molecule has 0 bridgehead atoms. The topological polar surface area (TPSA) is 9.23 Å². The fourth-order valence-corrected chi connectivity index (χ4v) is 2.73. The van der Waals surface area contributed by atoms with E-state index in [1.54, 1.807) is 0 Å². The van der Waals surface area contributed by atoms with Crippen LogP contribution in [0, 0.1) is 5.41 Å². The van der Waals surface area contributed by atoms with Gasteiger partial charge in [0, 0.05) is 6.61 Å².